The van der Waals surface area contributed by atoms with Gasteiger partial charge in [-0.25, -0.2) is 4.98 Å². The van der Waals surface area contributed by atoms with Crippen LogP contribution in [-0.4, -0.2) is 25.7 Å². The number of hydrogen-bond donors (Lipinski definition) is 2. The highest BCUT2D eigenvalue weighted by atomic mass is 32.1. The fourth-order valence-electron chi connectivity index (χ4n) is 1.99. The smallest absolute Gasteiger partial charge is 0.226 e. The molecule has 0 saturated heterocycles. The van der Waals surface area contributed by atoms with E-state index in [1.54, 1.807) is 6.08 Å². The molecule has 0 aliphatic heterocycles. The molecule has 0 radical (unpaired) electrons. The SMILES string of the molecule is C=CCn1c(-c2sc(NC(=O)CC(C)C)nc2C)n[nH]c1=S. The first kappa shape index (κ1) is 16.6. The summed E-state index contributed by atoms with van der Waals surface area (Å²) in [5, 5.41) is 10.5. The number of aromatic amines is 1. The van der Waals surface area contributed by atoms with Crippen LogP contribution in [0.1, 0.15) is 26.0 Å². The molecule has 118 valence electrons. The van der Waals surface area contributed by atoms with Gasteiger partial charge in [0.1, 0.15) is 0 Å². The van der Waals surface area contributed by atoms with Gasteiger partial charge in [-0.2, -0.15) is 5.10 Å². The van der Waals surface area contributed by atoms with Crippen LogP contribution < -0.4 is 5.32 Å². The van der Waals surface area contributed by atoms with Crippen LogP contribution in [0.15, 0.2) is 12.7 Å². The van der Waals surface area contributed by atoms with Crippen LogP contribution in [0.2, 0.25) is 0 Å². The van der Waals surface area contributed by atoms with Crippen molar-refractivity contribution >= 4 is 34.6 Å². The molecule has 22 heavy (non-hydrogen) atoms. The molecular formula is C14H19N5OS2. The molecule has 8 heteroatoms. The predicted octanol–water partition coefficient (Wildman–Crippen LogP) is 3.54. The number of aryl methyl sites for hydroxylation is 1. The minimum Gasteiger partial charge on any atom is -0.302 e. The van der Waals surface area contributed by atoms with E-state index in [2.05, 4.69) is 27.1 Å². The Morgan fingerprint density at radius 1 is 1.59 bits per heavy atom. The van der Waals surface area contributed by atoms with Crippen molar-refractivity contribution in [2.45, 2.75) is 33.7 Å². The number of anilines is 1. The Balaban J connectivity index is 2.29. The zero-order valence-corrected chi connectivity index (χ0v) is 14.5. The van der Waals surface area contributed by atoms with Crippen LogP contribution in [0.25, 0.3) is 10.7 Å². The lowest BCUT2D eigenvalue weighted by Crippen LogP contribution is -2.13. The van der Waals surface area contributed by atoms with Crippen molar-refractivity contribution in [3.8, 4) is 10.7 Å². The fourth-order valence-corrected chi connectivity index (χ4v) is 3.18. The monoisotopic (exact) mass is 337 g/mol. The molecule has 0 saturated carbocycles. The largest absolute Gasteiger partial charge is 0.302 e. The van der Waals surface area contributed by atoms with E-state index in [9.17, 15) is 4.79 Å². The van der Waals surface area contributed by atoms with E-state index in [0.717, 1.165) is 10.6 Å². The molecule has 0 bridgehead atoms. The number of carbonyl (C=O) groups is 1. The normalized spacial score (nSPS) is 10.9. The fraction of sp³-hybridized carbons (Fsp3) is 0.429. The summed E-state index contributed by atoms with van der Waals surface area (Å²) in [6.07, 6.45) is 2.24. The molecule has 0 fully saturated rings. The summed E-state index contributed by atoms with van der Waals surface area (Å²) in [4.78, 5) is 17.1. The Kier molecular flexibility index (Phi) is 5.25. The average molecular weight is 337 g/mol. The number of aromatic nitrogens is 4. The van der Waals surface area contributed by atoms with Gasteiger partial charge in [-0.3, -0.25) is 14.5 Å². The van der Waals surface area contributed by atoms with Crippen molar-refractivity contribution in [2.75, 3.05) is 5.32 Å². The lowest BCUT2D eigenvalue weighted by atomic mass is 10.1. The van der Waals surface area contributed by atoms with E-state index in [0.29, 0.717) is 34.6 Å². The molecule has 0 spiro atoms. The molecule has 0 atom stereocenters. The van der Waals surface area contributed by atoms with Crippen molar-refractivity contribution in [3.05, 3.63) is 23.1 Å². The number of rotatable bonds is 6. The van der Waals surface area contributed by atoms with Crippen molar-refractivity contribution in [3.63, 3.8) is 0 Å². The lowest BCUT2D eigenvalue weighted by Gasteiger charge is -2.03. The molecule has 2 aromatic rings. The topological polar surface area (TPSA) is 75.6 Å². The molecule has 0 aliphatic rings. The number of hydrogen-bond acceptors (Lipinski definition) is 5. The van der Waals surface area contributed by atoms with Gasteiger partial charge in [0.25, 0.3) is 0 Å². The highest BCUT2D eigenvalue weighted by Crippen LogP contribution is 2.31. The molecule has 2 N–H and O–H groups in total. The number of thiazole rings is 1. The molecular weight excluding hydrogens is 318 g/mol. The van der Waals surface area contributed by atoms with Gasteiger partial charge >= 0.3 is 0 Å². The van der Waals surface area contributed by atoms with Crippen LogP contribution >= 0.6 is 23.6 Å². The van der Waals surface area contributed by atoms with E-state index in [-0.39, 0.29) is 5.91 Å². The molecule has 0 aliphatic carbocycles. The summed E-state index contributed by atoms with van der Waals surface area (Å²) in [6, 6.07) is 0. The second-order valence-electron chi connectivity index (χ2n) is 5.33. The number of nitrogens with one attached hydrogen (secondary N) is 2. The van der Waals surface area contributed by atoms with E-state index in [1.165, 1.54) is 11.3 Å². The Labute approximate surface area is 138 Å². The quantitative estimate of drug-likeness (QED) is 0.624. The van der Waals surface area contributed by atoms with Crippen LogP contribution in [0.3, 0.4) is 0 Å². The first-order valence-corrected chi connectivity index (χ1v) is 8.18. The second-order valence-corrected chi connectivity index (χ2v) is 6.72. The zero-order chi connectivity index (χ0) is 16.3. The molecule has 2 rings (SSSR count). The van der Waals surface area contributed by atoms with Crippen LogP contribution in [0, 0.1) is 17.6 Å². The van der Waals surface area contributed by atoms with Crippen molar-refractivity contribution in [2.24, 2.45) is 5.92 Å². The maximum absolute atomic E-state index is 11.9. The first-order valence-electron chi connectivity index (χ1n) is 6.96. The number of allylic oxidation sites excluding steroid dienone is 1. The third-order valence-corrected chi connectivity index (χ3v) is 4.29. The highest BCUT2D eigenvalue weighted by Gasteiger charge is 2.17. The van der Waals surface area contributed by atoms with Gasteiger partial charge in [-0.05, 0) is 25.1 Å². The molecule has 1 amide bonds. The van der Waals surface area contributed by atoms with Crippen LogP contribution in [0.4, 0.5) is 5.13 Å². The third-order valence-electron chi connectivity index (χ3n) is 2.91. The van der Waals surface area contributed by atoms with E-state index in [4.69, 9.17) is 12.2 Å². The maximum Gasteiger partial charge on any atom is 0.226 e. The van der Waals surface area contributed by atoms with E-state index < -0.39 is 0 Å². The first-order chi connectivity index (χ1) is 10.4. The van der Waals surface area contributed by atoms with Crippen LogP contribution in [0.5, 0.6) is 0 Å². The molecule has 6 nitrogen and oxygen atoms in total. The van der Waals surface area contributed by atoms with Crippen LogP contribution in [-0.2, 0) is 11.3 Å². The van der Waals surface area contributed by atoms with Gasteiger partial charge < -0.3 is 5.32 Å². The Hall–Kier alpha value is -1.80. The summed E-state index contributed by atoms with van der Waals surface area (Å²) < 4.78 is 2.39. The average Bonchev–Trinajstić information content (AvgIpc) is 2.93. The summed E-state index contributed by atoms with van der Waals surface area (Å²) in [7, 11) is 0. The summed E-state index contributed by atoms with van der Waals surface area (Å²) >= 11 is 6.61. The van der Waals surface area contributed by atoms with E-state index in [1.807, 2.05) is 25.3 Å². The van der Waals surface area contributed by atoms with Gasteiger partial charge in [0.15, 0.2) is 15.7 Å². The second kappa shape index (κ2) is 6.97. The minimum absolute atomic E-state index is 0.0275. The Bertz CT molecular complexity index is 741. The summed E-state index contributed by atoms with van der Waals surface area (Å²) in [5.41, 5.74) is 0.809. The molecule has 2 aromatic heterocycles. The zero-order valence-electron chi connectivity index (χ0n) is 12.8. The number of H-pyrrole nitrogens is 1. The van der Waals surface area contributed by atoms with Crippen molar-refractivity contribution < 1.29 is 4.79 Å². The summed E-state index contributed by atoms with van der Waals surface area (Å²) in [6.45, 7) is 10.2. The lowest BCUT2D eigenvalue weighted by molar-refractivity contribution is -0.116. The third kappa shape index (κ3) is 3.69. The number of nitrogens with zero attached hydrogens (tertiary/aromatic N) is 3. The van der Waals surface area contributed by atoms with Gasteiger partial charge in [0.2, 0.25) is 5.91 Å². The predicted molar refractivity (Wildman–Crippen MR) is 91.5 cm³/mol. The molecule has 0 unspecified atom stereocenters. The molecule has 2 heterocycles. The highest BCUT2D eigenvalue weighted by molar-refractivity contribution is 7.71. The van der Waals surface area contributed by atoms with Gasteiger partial charge in [-0.1, -0.05) is 31.3 Å². The standard InChI is InChI=1S/C14H19N5OS2/c1-5-6-19-12(17-18-14(19)21)11-9(4)15-13(22-11)16-10(20)7-8(2)3/h5,8H,1,6-7H2,2-4H3,(H,18,21)(H,15,16,20). The Morgan fingerprint density at radius 3 is 2.95 bits per heavy atom. The number of carbonyl (C=O) groups excluding carboxylic acids is 1. The minimum atomic E-state index is -0.0275. The summed E-state index contributed by atoms with van der Waals surface area (Å²) in [5.74, 6) is 0.994. The molecule has 0 aromatic carbocycles. The van der Waals surface area contributed by atoms with Gasteiger partial charge in [0.05, 0.1) is 10.6 Å². The van der Waals surface area contributed by atoms with Gasteiger partial charge in [-0.15, -0.1) is 6.58 Å². The van der Waals surface area contributed by atoms with Gasteiger partial charge in [0, 0.05) is 13.0 Å². The number of amides is 1. The van der Waals surface area contributed by atoms with Crippen molar-refractivity contribution in [1.29, 1.82) is 0 Å². The van der Waals surface area contributed by atoms with E-state index >= 15 is 0 Å². The Morgan fingerprint density at radius 2 is 2.32 bits per heavy atom. The van der Waals surface area contributed by atoms with Crippen molar-refractivity contribution in [1.82, 2.24) is 19.7 Å². The maximum atomic E-state index is 11.9.